The molecule has 4 nitrogen and oxygen atoms in total. The highest BCUT2D eigenvalue weighted by Crippen LogP contribution is 2.43. The SMILES string of the molecule is CC(C)[Si](OC(=O)/C=C/C(=O)O[Si](C(C)C)(C(C)C)C(C)C)(C(C)C)C(C)C. The molecule has 0 aromatic heterocycles. The van der Waals surface area contributed by atoms with E-state index in [2.05, 4.69) is 83.1 Å². The van der Waals surface area contributed by atoms with E-state index >= 15 is 0 Å². The summed E-state index contributed by atoms with van der Waals surface area (Å²) in [6.45, 7) is 25.6. The molecule has 0 N–H and O–H groups in total. The highest BCUT2D eigenvalue weighted by atomic mass is 28.4. The number of carbonyl (C=O) groups excluding carboxylic acids is 2. The van der Waals surface area contributed by atoms with Gasteiger partial charge in [0.1, 0.15) is 0 Å². The minimum Gasteiger partial charge on any atom is -0.515 e. The lowest BCUT2D eigenvalue weighted by Gasteiger charge is -2.41. The van der Waals surface area contributed by atoms with Crippen LogP contribution in [0.15, 0.2) is 12.2 Å². The van der Waals surface area contributed by atoms with E-state index in [1.807, 2.05) is 0 Å². The fraction of sp³-hybridized carbons (Fsp3) is 0.818. The quantitative estimate of drug-likeness (QED) is 0.278. The molecular formula is C22H44O4Si2. The van der Waals surface area contributed by atoms with Gasteiger partial charge in [0.25, 0.3) is 16.6 Å². The van der Waals surface area contributed by atoms with Gasteiger partial charge in [0.15, 0.2) is 0 Å². The molecule has 0 amide bonds. The van der Waals surface area contributed by atoms with Crippen LogP contribution in [-0.4, -0.2) is 28.6 Å². The summed E-state index contributed by atoms with van der Waals surface area (Å²) in [4.78, 5) is 25.1. The van der Waals surface area contributed by atoms with Crippen molar-refractivity contribution >= 4 is 28.6 Å². The first-order valence-corrected chi connectivity index (χ1v) is 15.1. The van der Waals surface area contributed by atoms with Gasteiger partial charge in [-0.3, -0.25) is 0 Å². The van der Waals surface area contributed by atoms with Gasteiger partial charge >= 0.3 is 11.9 Å². The second-order valence-corrected chi connectivity index (χ2v) is 20.6. The van der Waals surface area contributed by atoms with Crippen LogP contribution in [0.2, 0.25) is 33.2 Å². The summed E-state index contributed by atoms with van der Waals surface area (Å²) in [7, 11) is -4.61. The Kier molecular flexibility index (Phi) is 10.4. The van der Waals surface area contributed by atoms with Crippen LogP contribution < -0.4 is 0 Å². The van der Waals surface area contributed by atoms with Gasteiger partial charge < -0.3 is 8.85 Å². The van der Waals surface area contributed by atoms with E-state index in [-0.39, 0.29) is 0 Å². The van der Waals surface area contributed by atoms with Crippen LogP contribution in [0, 0.1) is 0 Å². The number of hydrogen-bond donors (Lipinski definition) is 0. The smallest absolute Gasteiger partial charge is 0.317 e. The third-order valence-corrected chi connectivity index (χ3v) is 18.3. The average Bonchev–Trinajstić information content (AvgIpc) is 2.53. The molecule has 0 aromatic rings. The fourth-order valence-electron chi connectivity index (χ4n) is 5.26. The van der Waals surface area contributed by atoms with Crippen molar-refractivity contribution in [3.8, 4) is 0 Å². The second kappa shape index (κ2) is 10.8. The highest BCUT2D eigenvalue weighted by Gasteiger charge is 2.49. The van der Waals surface area contributed by atoms with Gasteiger partial charge in [0, 0.05) is 12.2 Å². The Morgan fingerprint density at radius 2 is 0.679 bits per heavy atom. The molecule has 0 aliphatic heterocycles. The van der Waals surface area contributed by atoms with Crippen molar-refractivity contribution in [1.82, 2.24) is 0 Å². The predicted octanol–water partition coefficient (Wildman–Crippen LogP) is 6.98. The first-order chi connectivity index (χ1) is 12.7. The van der Waals surface area contributed by atoms with Crippen LogP contribution in [0.4, 0.5) is 0 Å². The van der Waals surface area contributed by atoms with Gasteiger partial charge in [0.05, 0.1) is 0 Å². The van der Waals surface area contributed by atoms with E-state index in [0.717, 1.165) is 0 Å². The molecule has 0 atom stereocenters. The Balaban J connectivity index is 5.47. The summed E-state index contributed by atoms with van der Waals surface area (Å²) in [6, 6.07) is 0. The maximum absolute atomic E-state index is 12.6. The van der Waals surface area contributed by atoms with Crippen molar-refractivity contribution in [2.24, 2.45) is 0 Å². The molecule has 0 fully saturated rings. The van der Waals surface area contributed by atoms with Gasteiger partial charge in [0.2, 0.25) is 0 Å². The maximum atomic E-state index is 12.6. The fourth-order valence-corrected chi connectivity index (χ4v) is 15.5. The molecule has 6 heteroatoms. The predicted molar refractivity (Wildman–Crippen MR) is 123 cm³/mol. The first-order valence-electron chi connectivity index (χ1n) is 10.8. The average molecular weight is 429 g/mol. The monoisotopic (exact) mass is 428 g/mol. The summed E-state index contributed by atoms with van der Waals surface area (Å²) in [5.74, 6) is -0.851. The van der Waals surface area contributed by atoms with E-state index in [1.165, 1.54) is 12.2 Å². The van der Waals surface area contributed by atoms with Crippen LogP contribution in [-0.2, 0) is 18.4 Å². The van der Waals surface area contributed by atoms with E-state index in [4.69, 9.17) is 8.85 Å². The van der Waals surface area contributed by atoms with Crippen LogP contribution in [0.1, 0.15) is 83.1 Å². The van der Waals surface area contributed by atoms with E-state index in [9.17, 15) is 9.59 Å². The standard InChI is InChI=1S/C22H44O4Si2/c1-15(2)27(16(3)4,17(5)6)25-21(23)13-14-22(24)26-28(18(7)8,19(9)10)20(11)12/h13-20H,1-12H3/b14-13+. The summed E-state index contributed by atoms with van der Waals surface area (Å²) < 4.78 is 12.1. The second-order valence-electron chi connectivity index (χ2n) is 9.81. The van der Waals surface area contributed by atoms with Gasteiger partial charge in [-0.05, 0) is 33.2 Å². The Bertz CT molecular complexity index is 457. The third-order valence-electron chi connectivity index (χ3n) is 6.32. The number of hydrogen-bond acceptors (Lipinski definition) is 4. The topological polar surface area (TPSA) is 52.6 Å². The molecule has 0 spiro atoms. The maximum Gasteiger partial charge on any atom is 0.317 e. The van der Waals surface area contributed by atoms with Gasteiger partial charge in [-0.15, -0.1) is 0 Å². The van der Waals surface area contributed by atoms with E-state index in [1.54, 1.807) is 0 Å². The third kappa shape index (κ3) is 5.81. The van der Waals surface area contributed by atoms with Crippen molar-refractivity contribution in [3.63, 3.8) is 0 Å². The van der Waals surface area contributed by atoms with Gasteiger partial charge in [-0.25, -0.2) is 9.59 Å². The summed E-state index contributed by atoms with van der Waals surface area (Å²) >= 11 is 0. The summed E-state index contributed by atoms with van der Waals surface area (Å²) in [6.07, 6.45) is 2.52. The minimum atomic E-state index is -2.31. The zero-order valence-electron chi connectivity index (χ0n) is 20.3. The summed E-state index contributed by atoms with van der Waals surface area (Å²) in [5.41, 5.74) is 1.83. The van der Waals surface area contributed by atoms with E-state index in [0.29, 0.717) is 33.2 Å². The van der Waals surface area contributed by atoms with Crippen molar-refractivity contribution in [3.05, 3.63) is 12.2 Å². The molecule has 0 aliphatic carbocycles. The number of carbonyl (C=O) groups is 2. The normalized spacial score (nSPS) is 13.6. The van der Waals surface area contributed by atoms with Crippen LogP contribution in [0.25, 0.3) is 0 Å². The molecule has 164 valence electrons. The molecule has 28 heavy (non-hydrogen) atoms. The molecule has 0 saturated carbocycles. The lowest BCUT2D eigenvalue weighted by atomic mass is 10.5. The highest BCUT2D eigenvalue weighted by molar-refractivity contribution is 6.79. The molecule has 0 heterocycles. The Morgan fingerprint density at radius 3 is 0.821 bits per heavy atom. The lowest BCUT2D eigenvalue weighted by Crippen LogP contribution is -2.49. The molecule has 0 aliphatic rings. The van der Waals surface area contributed by atoms with Crippen molar-refractivity contribution in [1.29, 1.82) is 0 Å². The zero-order valence-corrected chi connectivity index (χ0v) is 22.3. The molecule has 0 rings (SSSR count). The summed E-state index contributed by atoms with van der Waals surface area (Å²) in [5, 5.41) is 0. The largest absolute Gasteiger partial charge is 0.515 e. The van der Waals surface area contributed by atoms with Gasteiger partial charge in [-0.1, -0.05) is 83.1 Å². The van der Waals surface area contributed by atoms with Crippen molar-refractivity contribution < 1.29 is 18.4 Å². The minimum absolute atomic E-state index is 0.305. The van der Waals surface area contributed by atoms with Crippen molar-refractivity contribution in [2.75, 3.05) is 0 Å². The van der Waals surface area contributed by atoms with Gasteiger partial charge in [-0.2, -0.15) is 0 Å². The lowest BCUT2D eigenvalue weighted by molar-refractivity contribution is -0.132. The first kappa shape index (κ1) is 27.1. The molecular weight excluding hydrogens is 384 g/mol. The Hall–Kier alpha value is -0.886. The van der Waals surface area contributed by atoms with E-state index < -0.39 is 28.6 Å². The molecule has 0 radical (unpaired) electrons. The van der Waals surface area contributed by atoms with Crippen LogP contribution in [0.5, 0.6) is 0 Å². The number of rotatable bonds is 10. The van der Waals surface area contributed by atoms with Crippen molar-refractivity contribution in [2.45, 2.75) is 116 Å². The molecule has 0 bridgehead atoms. The Labute approximate surface area is 175 Å². The Morgan fingerprint density at radius 1 is 0.500 bits per heavy atom. The molecule has 0 aromatic carbocycles. The zero-order chi connectivity index (χ0) is 22.4. The molecule has 0 saturated heterocycles. The van der Waals surface area contributed by atoms with Crippen LogP contribution >= 0.6 is 0 Å². The molecule has 0 unspecified atom stereocenters. The van der Waals surface area contributed by atoms with Crippen LogP contribution in [0.3, 0.4) is 0 Å².